The highest BCUT2D eigenvalue weighted by molar-refractivity contribution is 5.82. The van der Waals surface area contributed by atoms with Crippen LogP contribution in [-0.2, 0) is 17.8 Å². The number of aryl methyl sites for hydroxylation is 1. The fourth-order valence-corrected chi connectivity index (χ4v) is 5.88. The molecule has 1 aliphatic carbocycles. The average Bonchev–Trinajstić information content (AvgIpc) is 3.54. The first-order valence-corrected chi connectivity index (χ1v) is 14.3. The van der Waals surface area contributed by atoms with Crippen LogP contribution in [0.5, 0.6) is 0 Å². The third-order valence-corrected chi connectivity index (χ3v) is 8.13. The van der Waals surface area contributed by atoms with E-state index in [0.29, 0.717) is 41.5 Å². The number of fused-ring (bicyclic) bond motifs is 2. The van der Waals surface area contributed by atoms with Crippen molar-refractivity contribution in [2.45, 2.75) is 44.8 Å². The van der Waals surface area contributed by atoms with Gasteiger partial charge in [0.2, 0.25) is 5.95 Å². The van der Waals surface area contributed by atoms with E-state index in [0.717, 1.165) is 35.5 Å². The number of hydrogen-bond donors (Lipinski definition) is 1. The zero-order valence-electron chi connectivity index (χ0n) is 23.6. The fourth-order valence-electron chi connectivity index (χ4n) is 5.88. The van der Waals surface area contributed by atoms with E-state index in [1.54, 1.807) is 15.4 Å². The van der Waals surface area contributed by atoms with Crippen molar-refractivity contribution in [2.24, 2.45) is 0 Å². The molecule has 1 unspecified atom stereocenters. The van der Waals surface area contributed by atoms with Gasteiger partial charge in [0.15, 0.2) is 11.5 Å². The van der Waals surface area contributed by atoms with Crippen LogP contribution in [0.4, 0.5) is 30.5 Å². The van der Waals surface area contributed by atoms with E-state index in [4.69, 9.17) is 9.97 Å². The number of carbonyl (C=O) groups excluding carboxylic acids is 1. The molecule has 2 aliphatic rings. The van der Waals surface area contributed by atoms with Gasteiger partial charge in [-0.3, -0.25) is 9.59 Å². The standard InChI is InChI=1S/C30H31F3N8O2/c1-3-13-40-27(42)23-18-34-29(37-26(23)41(40)24-12-7-20-6-5-19(4-2)25(20)36-24)35-21-8-10-22(11-9-21)38-14-16-39(17-15-38)28(43)30(31,32)33/h3,7-12,18-19H,1,4-6,13-17H2,2H3,(H,34,35,37). The van der Waals surface area contributed by atoms with Gasteiger partial charge in [0, 0.05) is 55.4 Å². The highest BCUT2D eigenvalue weighted by Crippen LogP contribution is 2.34. The molecule has 0 bridgehead atoms. The summed E-state index contributed by atoms with van der Waals surface area (Å²) in [6.45, 7) is 6.83. The summed E-state index contributed by atoms with van der Waals surface area (Å²) in [5.74, 6) is -0.515. The Morgan fingerprint density at radius 3 is 2.51 bits per heavy atom. The van der Waals surface area contributed by atoms with Crippen LogP contribution in [0.25, 0.3) is 16.9 Å². The zero-order chi connectivity index (χ0) is 30.3. The van der Waals surface area contributed by atoms with Gasteiger partial charge in [0.1, 0.15) is 5.39 Å². The maximum absolute atomic E-state index is 13.3. The Bertz CT molecular complexity index is 1740. The molecule has 3 aromatic heterocycles. The van der Waals surface area contributed by atoms with Gasteiger partial charge in [-0.15, -0.1) is 6.58 Å². The lowest BCUT2D eigenvalue weighted by molar-refractivity contribution is -0.185. The van der Waals surface area contributed by atoms with Crippen molar-refractivity contribution in [3.8, 4) is 5.82 Å². The molecule has 1 amide bonds. The molecule has 0 radical (unpaired) electrons. The number of carbonyl (C=O) groups is 1. The lowest BCUT2D eigenvalue weighted by Gasteiger charge is -2.36. The van der Waals surface area contributed by atoms with Gasteiger partial charge in [0.25, 0.3) is 5.56 Å². The van der Waals surface area contributed by atoms with Crippen molar-refractivity contribution >= 4 is 34.3 Å². The Morgan fingerprint density at radius 2 is 1.84 bits per heavy atom. The quantitative estimate of drug-likeness (QED) is 0.314. The summed E-state index contributed by atoms with van der Waals surface area (Å²) in [5.41, 5.74) is 4.00. The van der Waals surface area contributed by atoms with Crippen molar-refractivity contribution in [1.82, 2.24) is 29.2 Å². The van der Waals surface area contributed by atoms with Gasteiger partial charge >= 0.3 is 12.1 Å². The predicted molar refractivity (Wildman–Crippen MR) is 157 cm³/mol. The number of halogens is 3. The zero-order valence-corrected chi connectivity index (χ0v) is 23.6. The van der Waals surface area contributed by atoms with Crippen molar-refractivity contribution < 1.29 is 18.0 Å². The summed E-state index contributed by atoms with van der Waals surface area (Å²) < 4.78 is 41.5. The smallest absolute Gasteiger partial charge is 0.368 e. The molecule has 1 atom stereocenters. The summed E-state index contributed by atoms with van der Waals surface area (Å²) in [6, 6.07) is 11.3. The number of hydrogen-bond acceptors (Lipinski definition) is 7. The molecule has 0 saturated carbocycles. The number of nitrogens with one attached hydrogen (secondary N) is 1. The second-order valence-electron chi connectivity index (χ2n) is 10.7. The second-order valence-corrected chi connectivity index (χ2v) is 10.7. The number of anilines is 3. The maximum atomic E-state index is 13.3. The highest BCUT2D eigenvalue weighted by Gasteiger charge is 2.43. The van der Waals surface area contributed by atoms with E-state index in [9.17, 15) is 22.8 Å². The molecular weight excluding hydrogens is 561 g/mol. The Hall–Kier alpha value is -4.68. The third kappa shape index (κ3) is 5.35. The highest BCUT2D eigenvalue weighted by atomic mass is 19.4. The van der Waals surface area contributed by atoms with Crippen LogP contribution < -0.4 is 15.8 Å². The first-order valence-electron chi connectivity index (χ1n) is 14.3. The van der Waals surface area contributed by atoms with Crippen LogP contribution in [0.2, 0.25) is 0 Å². The molecule has 0 spiro atoms. The largest absolute Gasteiger partial charge is 0.471 e. The number of rotatable bonds is 7. The summed E-state index contributed by atoms with van der Waals surface area (Å²) in [4.78, 5) is 41.7. The molecule has 4 heterocycles. The number of benzene rings is 1. The molecule has 43 heavy (non-hydrogen) atoms. The fraction of sp³-hybridized carbons (Fsp3) is 0.367. The van der Waals surface area contributed by atoms with Crippen LogP contribution in [0.3, 0.4) is 0 Å². The summed E-state index contributed by atoms with van der Waals surface area (Å²) in [7, 11) is 0. The first kappa shape index (κ1) is 28.4. The third-order valence-electron chi connectivity index (χ3n) is 8.13. The molecule has 6 rings (SSSR count). The monoisotopic (exact) mass is 592 g/mol. The topological polar surface area (TPSA) is 101 Å². The second kappa shape index (κ2) is 11.2. The Balaban J connectivity index is 1.25. The summed E-state index contributed by atoms with van der Waals surface area (Å²) in [6.07, 6.45) is 1.35. The average molecular weight is 593 g/mol. The van der Waals surface area contributed by atoms with Gasteiger partial charge in [-0.2, -0.15) is 18.2 Å². The number of amides is 1. The molecule has 13 heteroatoms. The van der Waals surface area contributed by atoms with Gasteiger partial charge in [-0.1, -0.05) is 19.1 Å². The van der Waals surface area contributed by atoms with Crippen molar-refractivity contribution in [2.75, 3.05) is 36.4 Å². The molecule has 1 N–H and O–H groups in total. The number of piperazine rings is 1. The van der Waals surface area contributed by atoms with Crippen molar-refractivity contribution in [1.29, 1.82) is 0 Å². The van der Waals surface area contributed by atoms with E-state index in [2.05, 4.69) is 29.9 Å². The lowest BCUT2D eigenvalue weighted by atomic mass is 10.0. The molecule has 10 nitrogen and oxygen atoms in total. The Labute approximate surface area is 245 Å². The molecule has 1 aromatic carbocycles. The minimum atomic E-state index is -4.86. The minimum absolute atomic E-state index is 0.00240. The molecule has 224 valence electrons. The lowest BCUT2D eigenvalue weighted by Crippen LogP contribution is -2.52. The van der Waals surface area contributed by atoms with Crippen LogP contribution in [-0.4, -0.2) is 67.5 Å². The van der Waals surface area contributed by atoms with Crippen LogP contribution in [0, 0.1) is 0 Å². The molecule has 1 fully saturated rings. The number of allylic oxidation sites excluding steroid dienone is 1. The number of aromatic nitrogens is 5. The Morgan fingerprint density at radius 1 is 1.09 bits per heavy atom. The molecule has 4 aromatic rings. The predicted octanol–water partition coefficient (Wildman–Crippen LogP) is 4.56. The van der Waals surface area contributed by atoms with E-state index in [1.165, 1.54) is 11.8 Å². The number of pyridine rings is 1. The van der Waals surface area contributed by atoms with Crippen molar-refractivity contribution in [3.05, 3.63) is 76.9 Å². The molecule has 1 saturated heterocycles. The number of alkyl halides is 3. The first-order chi connectivity index (χ1) is 20.7. The van der Waals surface area contributed by atoms with Gasteiger partial charge < -0.3 is 15.1 Å². The SMILES string of the molecule is C=CCn1c(=O)c2cnc(Nc3ccc(N4CCN(C(=O)C(F)(F)F)CC4)cc3)nc2n1-c1ccc2c(n1)C(CC)CC2. The van der Waals surface area contributed by atoms with Crippen LogP contribution in [0.15, 0.2) is 60.0 Å². The van der Waals surface area contributed by atoms with Gasteiger partial charge in [-0.05, 0) is 55.2 Å². The van der Waals surface area contributed by atoms with Crippen LogP contribution >= 0.6 is 0 Å². The van der Waals surface area contributed by atoms with E-state index >= 15 is 0 Å². The van der Waals surface area contributed by atoms with Crippen molar-refractivity contribution in [3.63, 3.8) is 0 Å². The summed E-state index contributed by atoms with van der Waals surface area (Å²) >= 11 is 0. The van der Waals surface area contributed by atoms with Gasteiger partial charge in [-0.25, -0.2) is 19.3 Å². The minimum Gasteiger partial charge on any atom is -0.368 e. The summed E-state index contributed by atoms with van der Waals surface area (Å²) in [5, 5.41) is 3.54. The maximum Gasteiger partial charge on any atom is 0.471 e. The van der Waals surface area contributed by atoms with E-state index in [1.807, 2.05) is 35.2 Å². The molecular formula is C30H31F3N8O2. The van der Waals surface area contributed by atoms with E-state index in [-0.39, 0.29) is 31.1 Å². The van der Waals surface area contributed by atoms with E-state index < -0.39 is 12.1 Å². The van der Waals surface area contributed by atoms with Gasteiger partial charge in [0.05, 0.1) is 6.54 Å². The molecule has 1 aliphatic heterocycles. The normalized spacial score (nSPS) is 16.9. The Kier molecular flexibility index (Phi) is 7.40. The van der Waals surface area contributed by atoms with Crippen LogP contribution in [0.1, 0.15) is 36.9 Å². The number of nitrogens with zero attached hydrogens (tertiary/aromatic N) is 7.